The molecule has 2 aromatic carbocycles. The zero-order chi connectivity index (χ0) is 27.0. The summed E-state index contributed by atoms with van der Waals surface area (Å²) >= 11 is 6.23. The molecule has 8 heteroatoms. The second kappa shape index (κ2) is 10.6. The molecule has 1 unspecified atom stereocenters. The van der Waals surface area contributed by atoms with Crippen molar-refractivity contribution in [2.75, 3.05) is 31.1 Å². The molecular formula is C31H32ClFN4O2. The lowest BCUT2D eigenvalue weighted by Crippen LogP contribution is -2.44. The summed E-state index contributed by atoms with van der Waals surface area (Å²) in [4.78, 5) is 34.8. The molecule has 1 spiro atoms. The number of carbonyl (C=O) groups excluding carboxylic acids is 2. The Kier molecular flexibility index (Phi) is 7.02. The molecule has 1 aliphatic carbocycles. The SMILES string of the molecule is O=C(NC1CCCc2cc(F)c(C(=O)N3CCC4(CC3)CCN(c3ccncc3)C4)cc21)c1ccccc1Cl. The van der Waals surface area contributed by atoms with Gasteiger partial charge in [0.05, 0.1) is 22.2 Å². The van der Waals surface area contributed by atoms with Crippen LogP contribution in [-0.4, -0.2) is 47.9 Å². The first-order valence-corrected chi connectivity index (χ1v) is 14.1. The van der Waals surface area contributed by atoms with E-state index in [4.69, 9.17) is 11.6 Å². The number of halogens is 2. The number of pyridine rings is 1. The van der Waals surface area contributed by atoms with Gasteiger partial charge in [-0.2, -0.15) is 0 Å². The molecule has 0 saturated carbocycles. The van der Waals surface area contributed by atoms with Crippen LogP contribution < -0.4 is 10.2 Å². The number of piperidine rings is 1. The summed E-state index contributed by atoms with van der Waals surface area (Å²) in [5, 5.41) is 3.45. The molecule has 1 atom stereocenters. The maximum Gasteiger partial charge on any atom is 0.256 e. The number of likely N-dealkylation sites (tertiary alicyclic amines) is 1. The lowest BCUT2D eigenvalue weighted by atomic mass is 9.77. The van der Waals surface area contributed by atoms with Gasteiger partial charge < -0.3 is 15.1 Å². The van der Waals surface area contributed by atoms with E-state index in [1.165, 1.54) is 11.8 Å². The number of benzene rings is 2. The van der Waals surface area contributed by atoms with Crippen LogP contribution >= 0.6 is 11.6 Å². The Balaban J connectivity index is 1.16. The lowest BCUT2D eigenvalue weighted by Gasteiger charge is -2.39. The molecule has 1 aromatic heterocycles. The smallest absolute Gasteiger partial charge is 0.256 e. The molecule has 2 amide bonds. The van der Waals surface area contributed by atoms with Gasteiger partial charge in [-0.1, -0.05) is 23.7 Å². The molecular weight excluding hydrogens is 515 g/mol. The number of aryl methyl sites for hydroxylation is 1. The van der Waals surface area contributed by atoms with Crippen molar-refractivity contribution in [2.45, 2.75) is 44.6 Å². The molecule has 3 aliphatic rings. The largest absolute Gasteiger partial charge is 0.371 e. The van der Waals surface area contributed by atoms with Crippen molar-refractivity contribution in [3.63, 3.8) is 0 Å². The molecule has 0 radical (unpaired) electrons. The van der Waals surface area contributed by atoms with Crippen molar-refractivity contribution in [3.8, 4) is 0 Å². The summed E-state index contributed by atoms with van der Waals surface area (Å²) in [5.74, 6) is -1.02. The second-order valence-electron chi connectivity index (χ2n) is 11.1. The van der Waals surface area contributed by atoms with Crippen molar-refractivity contribution >= 4 is 29.1 Å². The highest BCUT2D eigenvalue weighted by molar-refractivity contribution is 6.33. The first kappa shape index (κ1) is 25.8. The van der Waals surface area contributed by atoms with Crippen LogP contribution in [0.3, 0.4) is 0 Å². The van der Waals surface area contributed by atoms with E-state index in [1.54, 1.807) is 35.2 Å². The number of amides is 2. The van der Waals surface area contributed by atoms with Gasteiger partial charge >= 0.3 is 0 Å². The van der Waals surface area contributed by atoms with Gasteiger partial charge in [-0.25, -0.2) is 4.39 Å². The maximum absolute atomic E-state index is 15.3. The fourth-order valence-electron chi connectivity index (χ4n) is 6.49. The van der Waals surface area contributed by atoms with Gasteiger partial charge in [-0.3, -0.25) is 14.6 Å². The highest BCUT2D eigenvalue weighted by atomic mass is 35.5. The fraction of sp³-hybridized carbons (Fsp3) is 0.387. The fourth-order valence-corrected chi connectivity index (χ4v) is 6.71. The van der Waals surface area contributed by atoms with Crippen LogP contribution in [0.5, 0.6) is 0 Å². The first-order chi connectivity index (χ1) is 18.9. The molecule has 3 heterocycles. The number of fused-ring (bicyclic) bond motifs is 1. The Morgan fingerprint density at radius 1 is 1.00 bits per heavy atom. The molecule has 0 bridgehead atoms. The molecule has 1 N–H and O–H groups in total. The van der Waals surface area contributed by atoms with Gasteiger partial charge in [0.1, 0.15) is 5.82 Å². The summed E-state index contributed by atoms with van der Waals surface area (Å²) in [5.41, 5.74) is 3.54. The average molecular weight is 547 g/mol. The number of hydrogen-bond acceptors (Lipinski definition) is 4. The van der Waals surface area contributed by atoms with Crippen molar-refractivity contribution in [3.05, 3.63) is 94.0 Å². The molecule has 6 nitrogen and oxygen atoms in total. The van der Waals surface area contributed by atoms with E-state index in [9.17, 15) is 9.59 Å². The average Bonchev–Trinajstić information content (AvgIpc) is 3.37. The summed E-state index contributed by atoms with van der Waals surface area (Å²) in [6, 6.07) is 13.9. The zero-order valence-electron chi connectivity index (χ0n) is 21.8. The van der Waals surface area contributed by atoms with Crippen molar-refractivity contribution in [1.29, 1.82) is 0 Å². The summed E-state index contributed by atoms with van der Waals surface area (Å²) < 4.78 is 15.3. The highest BCUT2D eigenvalue weighted by Gasteiger charge is 2.42. The summed E-state index contributed by atoms with van der Waals surface area (Å²) in [7, 11) is 0. The van der Waals surface area contributed by atoms with Crippen LogP contribution in [-0.2, 0) is 6.42 Å². The van der Waals surface area contributed by atoms with E-state index in [0.717, 1.165) is 62.7 Å². The number of rotatable bonds is 4. The van der Waals surface area contributed by atoms with Gasteiger partial charge in [0.25, 0.3) is 11.8 Å². The third-order valence-corrected chi connectivity index (χ3v) is 9.10. The molecule has 39 heavy (non-hydrogen) atoms. The topological polar surface area (TPSA) is 65.5 Å². The molecule has 2 aliphatic heterocycles. The van der Waals surface area contributed by atoms with E-state index in [2.05, 4.69) is 15.2 Å². The number of nitrogens with one attached hydrogen (secondary N) is 1. The monoisotopic (exact) mass is 546 g/mol. The Morgan fingerprint density at radius 3 is 2.51 bits per heavy atom. The highest BCUT2D eigenvalue weighted by Crippen LogP contribution is 2.42. The van der Waals surface area contributed by atoms with Gasteiger partial charge in [0.15, 0.2) is 0 Å². The lowest BCUT2D eigenvalue weighted by molar-refractivity contribution is 0.0605. The number of anilines is 1. The third kappa shape index (κ3) is 5.12. The second-order valence-corrected chi connectivity index (χ2v) is 11.5. The van der Waals surface area contributed by atoms with Gasteiger partial charge in [-0.05, 0) is 91.5 Å². The quantitative estimate of drug-likeness (QED) is 0.448. The van der Waals surface area contributed by atoms with E-state index >= 15 is 4.39 Å². The summed E-state index contributed by atoms with van der Waals surface area (Å²) in [6.45, 7) is 3.20. The van der Waals surface area contributed by atoms with Crippen LogP contribution in [0.2, 0.25) is 5.02 Å². The number of aromatic nitrogens is 1. The molecule has 2 fully saturated rings. The minimum absolute atomic E-state index is 0.0911. The van der Waals surface area contributed by atoms with Crippen molar-refractivity contribution in [1.82, 2.24) is 15.2 Å². The van der Waals surface area contributed by atoms with E-state index in [0.29, 0.717) is 23.7 Å². The van der Waals surface area contributed by atoms with Gasteiger partial charge in [0, 0.05) is 44.3 Å². The van der Waals surface area contributed by atoms with E-state index < -0.39 is 5.82 Å². The number of carbonyl (C=O) groups is 2. The minimum atomic E-state index is -0.484. The summed E-state index contributed by atoms with van der Waals surface area (Å²) in [6.07, 6.45) is 8.83. The van der Waals surface area contributed by atoms with E-state index in [-0.39, 0.29) is 28.8 Å². The number of nitrogens with zero attached hydrogens (tertiary/aromatic N) is 3. The first-order valence-electron chi connectivity index (χ1n) is 13.7. The van der Waals surface area contributed by atoms with Crippen molar-refractivity contribution in [2.24, 2.45) is 5.41 Å². The third-order valence-electron chi connectivity index (χ3n) is 8.77. The predicted octanol–water partition coefficient (Wildman–Crippen LogP) is 5.81. The standard InChI is InChI=1S/C31H32ClFN4O2/c32-26-6-2-1-5-23(26)29(38)35-28-7-3-4-21-18-27(33)25(19-24(21)28)30(39)36-15-10-31(11-16-36)12-17-37(20-31)22-8-13-34-14-9-22/h1-2,5-6,8-9,13-14,18-19,28H,3-4,7,10-12,15-17,20H2,(H,35,38). The zero-order valence-corrected chi connectivity index (χ0v) is 22.6. The molecule has 3 aromatic rings. The molecule has 202 valence electrons. The van der Waals surface area contributed by atoms with Gasteiger partial charge in [0.2, 0.25) is 0 Å². The molecule has 6 rings (SSSR count). The Labute approximate surface area is 233 Å². The van der Waals surface area contributed by atoms with Crippen LogP contribution in [0.25, 0.3) is 0 Å². The van der Waals surface area contributed by atoms with Crippen LogP contribution in [0.1, 0.15) is 70.0 Å². The van der Waals surface area contributed by atoms with Crippen molar-refractivity contribution < 1.29 is 14.0 Å². The number of hydrogen-bond donors (Lipinski definition) is 1. The van der Waals surface area contributed by atoms with Crippen LogP contribution in [0, 0.1) is 11.2 Å². The molecule has 2 saturated heterocycles. The predicted molar refractivity (Wildman–Crippen MR) is 150 cm³/mol. The Bertz CT molecular complexity index is 1390. The Hall–Kier alpha value is -3.45. The minimum Gasteiger partial charge on any atom is -0.371 e. The van der Waals surface area contributed by atoms with Crippen LogP contribution in [0.15, 0.2) is 60.9 Å². The van der Waals surface area contributed by atoms with Crippen LogP contribution in [0.4, 0.5) is 10.1 Å². The Morgan fingerprint density at radius 2 is 1.74 bits per heavy atom. The maximum atomic E-state index is 15.3. The van der Waals surface area contributed by atoms with E-state index in [1.807, 2.05) is 24.5 Å². The normalized spacial score (nSPS) is 20.1. The van der Waals surface area contributed by atoms with Gasteiger partial charge in [-0.15, -0.1) is 0 Å².